The molecule has 0 atom stereocenters. The summed E-state index contributed by atoms with van der Waals surface area (Å²) in [4.78, 5) is 11.4. The zero-order valence-electron chi connectivity index (χ0n) is 14.3. The first-order valence-corrected chi connectivity index (χ1v) is 8.49. The number of ether oxygens (including phenoxy) is 1. The number of nitrogens with zero attached hydrogens (tertiary/aromatic N) is 7. The van der Waals surface area contributed by atoms with Gasteiger partial charge in [0, 0.05) is 31.0 Å². The van der Waals surface area contributed by atoms with Crippen LogP contribution in [0, 0.1) is 0 Å². The first kappa shape index (κ1) is 14.9. The lowest BCUT2D eigenvalue weighted by molar-refractivity contribution is 0.419. The van der Waals surface area contributed by atoms with Crippen molar-refractivity contribution in [2.45, 2.75) is 13.0 Å². The number of para-hydroxylation sites is 1. The van der Waals surface area contributed by atoms with Gasteiger partial charge in [0.2, 0.25) is 5.95 Å². The van der Waals surface area contributed by atoms with Crippen molar-refractivity contribution in [2.75, 3.05) is 30.8 Å². The van der Waals surface area contributed by atoms with Gasteiger partial charge >= 0.3 is 0 Å². The number of anilines is 2. The van der Waals surface area contributed by atoms with Gasteiger partial charge < -0.3 is 15.4 Å². The average Bonchev–Trinajstić information content (AvgIpc) is 3.35. The Morgan fingerprint density at radius 1 is 1.19 bits per heavy atom. The van der Waals surface area contributed by atoms with E-state index in [1.807, 2.05) is 35.1 Å². The normalized spacial score (nSPS) is 13.7. The quantitative estimate of drug-likeness (QED) is 0.589. The summed E-state index contributed by atoms with van der Waals surface area (Å²) in [5, 5.41) is 9.72. The van der Waals surface area contributed by atoms with E-state index in [4.69, 9.17) is 15.5 Å². The van der Waals surface area contributed by atoms with Crippen LogP contribution in [-0.2, 0) is 13.0 Å². The second-order valence-corrected chi connectivity index (χ2v) is 6.24. The van der Waals surface area contributed by atoms with Crippen molar-refractivity contribution in [1.82, 2.24) is 29.4 Å². The highest BCUT2D eigenvalue weighted by molar-refractivity contribution is 5.95. The van der Waals surface area contributed by atoms with Gasteiger partial charge in [0.1, 0.15) is 17.1 Å². The third-order valence-electron chi connectivity index (χ3n) is 4.76. The minimum atomic E-state index is 0.301. The molecule has 0 spiro atoms. The molecule has 2 N–H and O–H groups in total. The zero-order chi connectivity index (χ0) is 17.7. The van der Waals surface area contributed by atoms with Gasteiger partial charge in [0.15, 0.2) is 11.5 Å². The lowest BCUT2D eigenvalue weighted by Crippen LogP contribution is -2.23. The largest absolute Gasteiger partial charge is 0.494 e. The molecule has 0 aliphatic carbocycles. The summed E-state index contributed by atoms with van der Waals surface area (Å²) < 4.78 is 9.00. The molecular weight excluding hydrogens is 332 g/mol. The summed E-state index contributed by atoms with van der Waals surface area (Å²) in [5.74, 6) is 2.86. The van der Waals surface area contributed by atoms with Gasteiger partial charge in [0.05, 0.1) is 19.9 Å². The molecule has 4 heterocycles. The molecule has 9 nitrogen and oxygen atoms in total. The fourth-order valence-electron chi connectivity index (χ4n) is 3.50. The Kier molecular flexibility index (Phi) is 3.21. The van der Waals surface area contributed by atoms with Gasteiger partial charge in [-0.1, -0.05) is 6.07 Å². The van der Waals surface area contributed by atoms with Gasteiger partial charge in [-0.2, -0.15) is 9.61 Å². The SMILES string of the molecule is COc1cccc2c1nc(N)n1nc(CCN3CCn4nccc43)nc21. The number of methoxy groups -OCH3 is 1. The Labute approximate surface area is 149 Å². The van der Waals surface area contributed by atoms with Crippen LogP contribution in [0.3, 0.4) is 0 Å². The Morgan fingerprint density at radius 3 is 3.00 bits per heavy atom. The van der Waals surface area contributed by atoms with Crippen LogP contribution >= 0.6 is 0 Å². The Hall–Kier alpha value is -3.36. The highest BCUT2D eigenvalue weighted by atomic mass is 16.5. The molecule has 1 aromatic carbocycles. The van der Waals surface area contributed by atoms with Crippen LogP contribution in [0.15, 0.2) is 30.5 Å². The molecule has 0 bridgehead atoms. The van der Waals surface area contributed by atoms with Gasteiger partial charge in [-0.05, 0) is 12.1 Å². The predicted molar refractivity (Wildman–Crippen MR) is 97.4 cm³/mol. The summed E-state index contributed by atoms with van der Waals surface area (Å²) in [6.07, 6.45) is 2.55. The molecule has 4 aromatic rings. The van der Waals surface area contributed by atoms with E-state index in [0.29, 0.717) is 22.9 Å². The minimum absolute atomic E-state index is 0.301. The van der Waals surface area contributed by atoms with Crippen molar-refractivity contribution in [3.8, 4) is 5.75 Å². The van der Waals surface area contributed by atoms with Crippen LogP contribution in [0.1, 0.15) is 5.82 Å². The molecule has 0 fully saturated rings. The molecule has 0 radical (unpaired) electrons. The highest BCUT2D eigenvalue weighted by Crippen LogP contribution is 2.27. The maximum atomic E-state index is 6.10. The lowest BCUT2D eigenvalue weighted by atomic mass is 10.2. The van der Waals surface area contributed by atoms with E-state index in [9.17, 15) is 0 Å². The number of benzene rings is 1. The number of rotatable bonds is 4. The molecule has 5 rings (SSSR count). The molecule has 9 heteroatoms. The summed E-state index contributed by atoms with van der Waals surface area (Å²) in [6, 6.07) is 7.76. The van der Waals surface area contributed by atoms with Crippen molar-refractivity contribution in [1.29, 1.82) is 0 Å². The van der Waals surface area contributed by atoms with Gasteiger partial charge in [0.25, 0.3) is 0 Å². The maximum absolute atomic E-state index is 6.10. The van der Waals surface area contributed by atoms with E-state index in [0.717, 1.165) is 43.1 Å². The van der Waals surface area contributed by atoms with Crippen molar-refractivity contribution < 1.29 is 4.74 Å². The van der Waals surface area contributed by atoms with E-state index in [-0.39, 0.29) is 0 Å². The summed E-state index contributed by atoms with van der Waals surface area (Å²) in [7, 11) is 1.62. The van der Waals surface area contributed by atoms with E-state index in [1.54, 1.807) is 11.6 Å². The summed E-state index contributed by atoms with van der Waals surface area (Å²) in [5.41, 5.74) is 7.50. The zero-order valence-corrected chi connectivity index (χ0v) is 14.3. The number of nitrogens with two attached hydrogens (primary N) is 1. The molecule has 0 unspecified atom stereocenters. The van der Waals surface area contributed by atoms with E-state index in [1.165, 1.54) is 0 Å². The molecule has 1 aliphatic heterocycles. The Morgan fingerprint density at radius 2 is 2.12 bits per heavy atom. The standard InChI is InChI=1S/C17H18N8O/c1-26-12-4-2-3-11-15(12)21-17(18)25-16(11)20-13(22-25)6-8-23-9-10-24-14(23)5-7-19-24/h2-5,7H,6,8-10H2,1H3,(H2,18,21). The molecule has 0 amide bonds. The summed E-state index contributed by atoms with van der Waals surface area (Å²) in [6.45, 7) is 2.71. The number of hydrogen-bond acceptors (Lipinski definition) is 7. The van der Waals surface area contributed by atoms with Crippen LogP contribution in [-0.4, -0.2) is 49.6 Å². The van der Waals surface area contributed by atoms with Crippen molar-refractivity contribution in [3.63, 3.8) is 0 Å². The fourth-order valence-corrected chi connectivity index (χ4v) is 3.50. The highest BCUT2D eigenvalue weighted by Gasteiger charge is 2.20. The van der Waals surface area contributed by atoms with Crippen LogP contribution < -0.4 is 15.4 Å². The van der Waals surface area contributed by atoms with Gasteiger partial charge in [-0.3, -0.25) is 0 Å². The number of aromatic nitrogens is 6. The average molecular weight is 350 g/mol. The predicted octanol–water partition coefficient (Wildman–Crippen LogP) is 1.13. The molecule has 132 valence electrons. The molecular formula is C17H18N8O. The Bertz CT molecular complexity index is 1110. The first-order chi connectivity index (χ1) is 12.7. The van der Waals surface area contributed by atoms with E-state index < -0.39 is 0 Å². The maximum Gasteiger partial charge on any atom is 0.223 e. The van der Waals surface area contributed by atoms with E-state index in [2.05, 4.69) is 20.1 Å². The molecule has 0 saturated heterocycles. The van der Waals surface area contributed by atoms with E-state index >= 15 is 0 Å². The van der Waals surface area contributed by atoms with Gasteiger partial charge in [-0.25, -0.2) is 14.6 Å². The van der Waals surface area contributed by atoms with Gasteiger partial charge in [-0.15, -0.1) is 5.10 Å². The smallest absolute Gasteiger partial charge is 0.223 e. The topological polar surface area (TPSA) is 99.4 Å². The summed E-state index contributed by atoms with van der Waals surface area (Å²) >= 11 is 0. The monoisotopic (exact) mass is 350 g/mol. The van der Waals surface area contributed by atoms with Crippen molar-refractivity contribution in [3.05, 3.63) is 36.3 Å². The Balaban J connectivity index is 1.50. The number of nitrogen functional groups attached to an aromatic ring is 1. The van der Waals surface area contributed by atoms with Crippen LogP contribution in [0.5, 0.6) is 5.75 Å². The fraction of sp³-hybridized carbons (Fsp3) is 0.294. The second-order valence-electron chi connectivity index (χ2n) is 6.24. The molecule has 0 saturated carbocycles. The third kappa shape index (κ3) is 2.17. The first-order valence-electron chi connectivity index (χ1n) is 8.49. The van der Waals surface area contributed by atoms with Crippen molar-refractivity contribution in [2.24, 2.45) is 0 Å². The van der Waals surface area contributed by atoms with Crippen LogP contribution in [0.25, 0.3) is 16.6 Å². The number of fused-ring (bicyclic) bond motifs is 4. The van der Waals surface area contributed by atoms with Crippen LogP contribution in [0.2, 0.25) is 0 Å². The van der Waals surface area contributed by atoms with Crippen molar-refractivity contribution >= 4 is 28.3 Å². The molecule has 26 heavy (non-hydrogen) atoms. The number of hydrogen-bond donors (Lipinski definition) is 1. The minimum Gasteiger partial charge on any atom is -0.494 e. The molecule has 1 aliphatic rings. The molecule has 3 aromatic heterocycles. The second kappa shape index (κ2) is 5.58. The third-order valence-corrected chi connectivity index (χ3v) is 4.76. The lowest BCUT2D eigenvalue weighted by Gasteiger charge is -2.15. The van der Waals surface area contributed by atoms with Crippen LogP contribution in [0.4, 0.5) is 11.8 Å².